The zero-order valence-electron chi connectivity index (χ0n) is 9.15. The molecule has 0 saturated carbocycles. The Kier molecular flexibility index (Phi) is 5.01. The number of carbonyl (C=O) groups excluding carboxylic acids is 1. The first-order valence-electron chi connectivity index (χ1n) is 5.50. The molecule has 1 saturated heterocycles. The maximum Gasteiger partial charge on any atom is 0.239 e. The number of carbonyl (C=O) groups is 1. The Balaban J connectivity index is 2.35. The molecule has 0 spiro atoms. The van der Waals surface area contributed by atoms with Gasteiger partial charge in [0.25, 0.3) is 0 Å². The van der Waals surface area contributed by atoms with Crippen molar-refractivity contribution in [1.82, 2.24) is 10.2 Å². The maximum absolute atomic E-state index is 11.7. The lowest BCUT2D eigenvalue weighted by Gasteiger charge is -2.19. The molecule has 88 valence electrons. The summed E-state index contributed by atoms with van der Waals surface area (Å²) in [4.78, 5) is 13.3. The molecule has 0 aromatic rings. The van der Waals surface area contributed by atoms with Crippen molar-refractivity contribution in [2.24, 2.45) is 0 Å². The van der Waals surface area contributed by atoms with Gasteiger partial charge in [-0.1, -0.05) is 6.92 Å². The van der Waals surface area contributed by atoms with Crippen molar-refractivity contribution < 1.29 is 15.0 Å². The fraction of sp³-hybridized carbons (Fsp3) is 0.900. The molecule has 0 aromatic heterocycles. The van der Waals surface area contributed by atoms with Crippen LogP contribution >= 0.6 is 0 Å². The van der Waals surface area contributed by atoms with E-state index in [-0.39, 0.29) is 25.1 Å². The van der Waals surface area contributed by atoms with Crippen LogP contribution in [0.5, 0.6) is 0 Å². The Morgan fingerprint density at radius 3 is 3.00 bits per heavy atom. The lowest BCUT2D eigenvalue weighted by atomic mass is 10.2. The molecular weight excluding hydrogens is 196 g/mol. The third-order valence-electron chi connectivity index (χ3n) is 2.58. The number of likely N-dealkylation sites (tertiary alicyclic amines) is 1. The third-order valence-corrected chi connectivity index (χ3v) is 2.58. The predicted molar refractivity (Wildman–Crippen MR) is 56.4 cm³/mol. The lowest BCUT2D eigenvalue weighted by Crippen LogP contribution is -2.41. The van der Waals surface area contributed by atoms with E-state index < -0.39 is 6.10 Å². The molecule has 5 heteroatoms. The average molecular weight is 216 g/mol. The number of nitrogens with one attached hydrogen (secondary N) is 1. The second kappa shape index (κ2) is 6.05. The first-order chi connectivity index (χ1) is 7.19. The minimum Gasteiger partial charge on any atom is -0.394 e. The van der Waals surface area contributed by atoms with E-state index in [0.29, 0.717) is 6.54 Å². The molecule has 1 rings (SSSR count). The van der Waals surface area contributed by atoms with Crippen LogP contribution in [0.2, 0.25) is 0 Å². The Morgan fingerprint density at radius 1 is 1.67 bits per heavy atom. The molecule has 5 nitrogen and oxygen atoms in total. The lowest BCUT2D eigenvalue weighted by molar-refractivity contribution is -0.130. The molecule has 2 unspecified atom stereocenters. The molecular formula is C10H20N2O3. The summed E-state index contributed by atoms with van der Waals surface area (Å²) in [6.07, 6.45) is 0.971. The highest BCUT2D eigenvalue weighted by molar-refractivity contribution is 5.84. The van der Waals surface area contributed by atoms with Crippen LogP contribution in [0, 0.1) is 0 Å². The van der Waals surface area contributed by atoms with Gasteiger partial charge in [0, 0.05) is 13.1 Å². The molecule has 1 amide bonds. The number of amides is 1. The van der Waals surface area contributed by atoms with E-state index in [9.17, 15) is 9.90 Å². The summed E-state index contributed by atoms with van der Waals surface area (Å²) in [5.41, 5.74) is 0. The van der Waals surface area contributed by atoms with Gasteiger partial charge in [-0.3, -0.25) is 4.79 Å². The van der Waals surface area contributed by atoms with Crippen LogP contribution in [-0.4, -0.2) is 59.4 Å². The predicted octanol–water partition coefficient (Wildman–Crippen LogP) is -1.06. The van der Waals surface area contributed by atoms with Gasteiger partial charge in [0.05, 0.1) is 18.8 Å². The van der Waals surface area contributed by atoms with E-state index in [4.69, 9.17) is 5.11 Å². The monoisotopic (exact) mass is 216 g/mol. The molecule has 1 fully saturated rings. The number of hydrogen-bond acceptors (Lipinski definition) is 4. The minimum atomic E-state index is -0.820. The van der Waals surface area contributed by atoms with Crippen LogP contribution < -0.4 is 5.32 Å². The van der Waals surface area contributed by atoms with E-state index >= 15 is 0 Å². The number of β-amino-alcohol motifs (C(OH)–C–C–N with tert-alkyl or cyclic N) is 1. The summed E-state index contributed by atoms with van der Waals surface area (Å²) in [5.74, 6) is 0.0379. The van der Waals surface area contributed by atoms with Gasteiger partial charge in [-0.15, -0.1) is 0 Å². The molecule has 1 heterocycles. The van der Waals surface area contributed by atoms with Gasteiger partial charge in [0.1, 0.15) is 0 Å². The molecule has 1 aliphatic heterocycles. The van der Waals surface area contributed by atoms with Crippen LogP contribution in [0.1, 0.15) is 19.8 Å². The van der Waals surface area contributed by atoms with E-state index in [1.54, 1.807) is 4.90 Å². The normalized spacial score (nSPS) is 23.5. The first-order valence-corrected chi connectivity index (χ1v) is 5.50. The molecule has 0 bridgehead atoms. The maximum atomic E-state index is 11.7. The van der Waals surface area contributed by atoms with Crippen LogP contribution in [0.25, 0.3) is 0 Å². The number of aliphatic hydroxyl groups is 2. The van der Waals surface area contributed by atoms with Crippen LogP contribution in [0.15, 0.2) is 0 Å². The van der Waals surface area contributed by atoms with Gasteiger partial charge in [-0.2, -0.15) is 0 Å². The molecule has 0 aliphatic carbocycles. The van der Waals surface area contributed by atoms with Crippen molar-refractivity contribution in [1.29, 1.82) is 0 Å². The highest BCUT2D eigenvalue weighted by Gasteiger charge is 2.31. The van der Waals surface area contributed by atoms with Gasteiger partial charge >= 0.3 is 0 Å². The van der Waals surface area contributed by atoms with Gasteiger partial charge in [0.15, 0.2) is 0 Å². The fourth-order valence-electron chi connectivity index (χ4n) is 1.74. The van der Waals surface area contributed by atoms with Gasteiger partial charge in [-0.25, -0.2) is 0 Å². The van der Waals surface area contributed by atoms with Gasteiger partial charge in [-0.05, 0) is 19.4 Å². The van der Waals surface area contributed by atoms with E-state index in [2.05, 4.69) is 12.2 Å². The second-order valence-electron chi connectivity index (χ2n) is 3.92. The van der Waals surface area contributed by atoms with Crippen LogP contribution in [0.3, 0.4) is 0 Å². The van der Waals surface area contributed by atoms with Crippen molar-refractivity contribution in [3.8, 4) is 0 Å². The van der Waals surface area contributed by atoms with Crippen molar-refractivity contribution >= 4 is 5.91 Å². The van der Waals surface area contributed by atoms with Gasteiger partial charge in [0.2, 0.25) is 5.91 Å². The topological polar surface area (TPSA) is 72.8 Å². The SMILES string of the molecule is CCCNC1CCN(CC(O)CO)C1=O. The second-order valence-corrected chi connectivity index (χ2v) is 3.92. The van der Waals surface area contributed by atoms with Crippen molar-refractivity contribution in [3.05, 3.63) is 0 Å². The molecule has 0 aromatic carbocycles. The van der Waals surface area contributed by atoms with Crippen molar-refractivity contribution in [3.63, 3.8) is 0 Å². The Morgan fingerprint density at radius 2 is 2.40 bits per heavy atom. The summed E-state index contributed by atoms with van der Waals surface area (Å²) in [7, 11) is 0. The molecule has 3 N–H and O–H groups in total. The van der Waals surface area contributed by atoms with E-state index in [0.717, 1.165) is 19.4 Å². The summed E-state index contributed by atoms with van der Waals surface area (Å²) >= 11 is 0. The number of aliphatic hydroxyl groups excluding tert-OH is 2. The minimum absolute atomic E-state index is 0.0379. The molecule has 2 atom stereocenters. The highest BCUT2D eigenvalue weighted by Crippen LogP contribution is 2.11. The number of hydrogen-bond donors (Lipinski definition) is 3. The summed E-state index contributed by atoms with van der Waals surface area (Å²) in [6, 6.07) is -0.101. The van der Waals surface area contributed by atoms with Crippen LogP contribution in [-0.2, 0) is 4.79 Å². The van der Waals surface area contributed by atoms with Crippen molar-refractivity contribution in [2.45, 2.75) is 31.9 Å². The Bertz CT molecular complexity index is 211. The standard InChI is InChI=1S/C10H20N2O3/c1-2-4-11-9-3-5-12(10(9)15)6-8(14)7-13/h8-9,11,13-14H,2-7H2,1H3. The molecule has 15 heavy (non-hydrogen) atoms. The Hall–Kier alpha value is -0.650. The van der Waals surface area contributed by atoms with Crippen molar-refractivity contribution in [2.75, 3.05) is 26.2 Å². The molecule has 1 aliphatic rings. The van der Waals surface area contributed by atoms with E-state index in [1.165, 1.54) is 0 Å². The summed E-state index contributed by atoms with van der Waals surface area (Å²) in [6.45, 7) is 3.50. The fourth-order valence-corrected chi connectivity index (χ4v) is 1.74. The smallest absolute Gasteiger partial charge is 0.239 e. The molecule has 0 radical (unpaired) electrons. The largest absolute Gasteiger partial charge is 0.394 e. The number of nitrogens with zero attached hydrogens (tertiary/aromatic N) is 1. The summed E-state index contributed by atoms with van der Waals surface area (Å²) in [5, 5.41) is 21.1. The van der Waals surface area contributed by atoms with E-state index in [1.807, 2.05) is 0 Å². The summed E-state index contributed by atoms with van der Waals surface area (Å²) < 4.78 is 0. The zero-order valence-corrected chi connectivity index (χ0v) is 9.15. The third kappa shape index (κ3) is 3.44. The Labute approximate surface area is 90.1 Å². The zero-order chi connectivity index (χ0) is 11.3. The first kappa shape index (κ1) is 12.4. The van der Waals surface area contributed by atoms with Crippen LogP contribution in [0.4, 0.5) is 0 Å². The number of rotatable bonds is 6. The average Bonchev–Trinajstić information content (AvgIpc) is 2.57. The quantitative estimate of drug-likeness (QED) is 0.529. The highest BCUT2D eigenvalue weighted by atomic mass is 16.3. The van der Waals surface area contributed by atoms with Gasteiger partial charge < -0.3 is 20.4 Å².